The summed E-state index contributed by atoms with van der Waals surface area (Å²) >= 11 is 0. The lowest BCUT2D eigenvalue weighted by Gasteiger charge is -2.44. The summed E-state index contributed by atoms with van der Waals surface area (Å²) < 4.78 is 11.8. The third-order valence-corrected chi connectivity index (χ3v) is 4.48. The lowest BCUT2D eigenvalue weighted by Crippen LogP contribution is -2.54. The van der Waals surface area contributed by atoms with Gasteiger partial charge in [0, 0.05) is 13.5 Å². The smallest absolute Gasteiger partial charge is 0.112 e. The summed E-state index contributed by atoms with van der Waals surface area (Å²) in [6.45, 7) is 6.27. The first-order valence-corrected chi connectivity index (χ1v) is 7.33. The summed E-state index contributed by atoms with van der Waals surface area (Å²) in [6, 6.07) is 0.225. The van der Waals surface area contributed by atoms with Crippen molar-refractivity contribution in [3.8, 4) is 0 Å². The molecule has 1 saturated carbocycles. The molecule has 1 aliphatic carbocycles. The molecule has 0 radical (unpaired) electrons. The fourth-order valence-electron chi connectivity index (χ4n) is 3.25. The van der Waals surface area contributed by atoms with Crippen LogP contribution in [0.5, 0.6) is 0 Å². The van der Waals surface area contributed by atoms with E-state index in [1.54, 1.807) is 0 Å². The molecule has 1 atom stereocenters. The molecule has 0 aromatic rings. The Labute approximate surface area is 111 Å². The average Bonchev–Trinajstić information content (AvgIpc) is 2.91. The zero-order chi connectivity index (χ0) is 13.0. The van der Waals surface area contributed by atoms with Crippen LogP contribution in [0.3, 0.4) is 0 Å². The molecule has 0 aromatic heterocycles. The first-order valence-electron chi connectivity index (χ1n) is 7.33. The first kappa shape index (κ1) is 13.9. The van der Waals surface area contributed by atoms with Gasteiger partial charge in [-0.15, -0.1) is 0 Å². The van der Waals surface area contributed by atoms with Crippen LogP contribution in [0, 0.1) is 5.92 Å². The molecule has 1 N–H and O–H groups in total. The minimum absolute atomic E-state index is 0.0707. The second kappa shape index (κ2) is 6.07. The largest absolute Gasteiger partial charge is 0.496 e. The molecule has 0 spiro atoms. The molecule has 2 aliphatic rings. The van der Waals surface area contributed by atoms with E-state index in [-0.39, 0.29) is 11.6 Å². The Bertz CT molecular complexity index is 293. The Morgan fingerprint density at radius 1 is 1.50 bits per heavy atom. The molecule has 0 aromatic carbocycles. The maximum absolute atomic E-state index is 5.97. The minimum Gasteiger partial charge on any atom is -0.496 e. The number of nitrogens with one attached hydrogen (secondary N) is 1. The van der Waals surface area contributed by atoms with Crippen molar-refractivity contribution in [2.45, 2.75) is 57.6 Å². The van der Waals surface area contributed by atoms with Gasteiger partial charge in [-0.2, -0.15) is 0 Å². The monoisotopic (exact) mass is 253 g/mol. The van der Waals surface area contributed by atoms with Crippen molar-refractivity contribution in [3.63, 3.8) is 0 Å². The van der Waals surface area contributed by atoms with Crippen LogP contribution in [-0.4, -0.2) is 31.9 Å². The van der Waals surface area contributed by atoms with E-state index < -0.39 is 0 Å². The summed E-state index contributed by atoms with van der Waals surface area (Å²) in [4.78, 5) is 0. The van der Waals surface area contributed by atoms with Gasteiger partial charge in [-0.1, -0.05) is 13.8 Å². The highest BCUT2D eigenvalue weighted by Gasteiger charge is 2.44. The van der Waals surface area contributed by atoms with E-state index in [1.165, 1.54) is 12.8 Å². The fourth-order valence-corrected chi connectivity index (χ4v) is 3.25. The summed E-state index contributed by atoms with van der Waals surface area (Å²) in [5.41, 5.74) is -0.0707. The maximum atomic E-state index is 5.97. The highest BCUT2D eigenvalue weighted by Crippen LogP contribution is 2.39. The van der Waals surface area contributed by atoms with Crippen LogP contribution >= 0.6 is 0 Å². The minimum atomic E-state index is -0.0707. The molecule has 104 valence electrons. The predicted octanol–water partition coefficient (Wildman–Crippen LogP) is 2.86. The lowest BCUT2D eigenvalue weighted by molar-refractivity contribution is -0.0752. The average molecular weight is 253 g/mol. The molecule has 3 nitrogen and oxygen atoms in total. The van der Waals surface area contributed by atoms with E-state index >= 15 is 0 Å². The number of ether oxygens (including phenoxy) is 2. The number of methoxy groups -OCH3 is 1. The van der Waals surface area contributed by atoms with Gasteiger partial charge in [0.25, 0.3) is 0 Å². The SMILES string of the molecule is CCNC(C1=CCCO1)C1(OC)CCC(C)CC1. The van der Waals surface area contributed by atoms with E-state index in [2.05, 4.69) is 25.2 Å². The van der Waals surface area contributed by atoms with E-state index in [0.29, 0.717) is 0 Å². The number of hydrogen-bond donors (Lipinski definition) is 1. The molecule has 3 heteroatoms. The standard InChI is InChI=1S/C15H27NO2/c1-4-16-14(13-6-5-11-18-13)15(17-3)9-7-12(2)8-10-15/h6,12,14,16H,4-5,7-11H2,1-3H3. The number of hydrogen-bond acceptors (Lipinski definition) is 3. The Morgan fingerprint density at radius 2 is 2.22 bits per heavy atom. The quantitative estimate of drug-likeness (QED) is 0.817. The van der Waals surface area contributed by atoms with Crippen LogP contribution in [0.15, 0.2) is 11.8 Å². The topological polar surface area (TPSA) is 30.5 Å². The van der Waals surface area contributed by atoms with Crippen molar-refractivity contribution < 1.29 is 9.47 Å². The van der Waals surface area contributed by atoms with Crippen molar-refractivity contribution in [3.05, 3.63) is 11.8 Å². The van der Waals surface area contributed by atoms with Crippen LogP contribution in [0.2, 0.25) is 0 Å². The molecular formula is C15H27NO2. The van der Waals surface area contributed by atoms with Crippen LogP contribution in [-0.2, 0) is 9.47 Å². The highest BCUT2D eigenvalue weighted by atomic mass is 16.5. The van der Waals surface area contributed by atoms with Gasteiger partial charge < -0.3 is 14.8 Å². The Morgan fingerprint density at radius 3 is 2.72 bits per heavy atom. The van der Waals surface area contributed by atoms with Crippen LogP contribution in [0.4, 0.5) is 0 Å². The summed E-state index contributed by atoms with van der Waals surface area (Å²) in [5, 5.41) is 3.58. The fraction of sp³-hybridized carbons (Fsp3) is 0.867. The van der Waals surface area contributed by atoms with Gasteiger partial charge >= 0.3 is 0 Å². The summed E-state index contributed by atoms with van der Waals surface area (Å²) in [5.74, 6) is 1.93. The van der Waals surface area contributed by atoms with E-state index in [4.69, 9.17) is 9.47 Å². The molecule has 1 heterocycles. The normalized spacial score (nSPS) is 33.9. The maximum Gasteiger partial charge on any atom is 0.112 e. The van der Waals surface area contributed by atoms with E-state index in [9.17, 15) is 0 Å². The van der Waals surface area contributed by atoms with Crippen LogP contribution < -0.4 is 5.32 Å². The van der Waals surface area contributed by atoms with E-state index in [0.717, 1.165) is 44.1 Å². The van der Waals surface area contributed by atoms with Gasteiger partial charge in [0.15, 0.2) is 0 Å². The zero-order valence-electron chi connectivity index (χ0n) is 12.0. The zero-order valence-corrected chi connectivity index (χ0v) is 12.0. The Balaban J connectivity index is 2.15. The Hall–Kier alpha value is -0.540. The molecule has 0 saturated heterocycles. The molecule has 18 heavy (non-hydrogen) atoms. The van der Waals surface area contributed by atoms with Gasteiger partial charge in [0.05, 0.1) is 18.2 Å². The molecule has 1 unspecified atom stereocenters. The number of likely N-dealkylation sites (N-methyl/N-ethyl adjacent to an activating group) is 1. The third kappa shape index (κ3) is 2.72. The van der Waals surface area contributed by atoms with Crippen molar-refractivity contribution in [2.24, 2.45) is 5.92 Å². The predicted molar refractivity (Wildman–Crippen MR) is 73.5 cm³/mol. The molecule has 2 rings (SSSR count). The molecule has 1 fully saturated rings. The van der Waals surface area contributed by atoms with Crippen molar-refractivity contribution >= 4 is 0 Å². The van der Waals surface area contributed by atoms with Gasteiger partial charge in [0.1, 0.15) is 5.76 Å². The third-order valence-electron chi connectivity index (χ3n) is 4.48. The first-order chi connectivity index (χ1) is 8.72. The van der Waals surface area contributed by atoms with Crippen LogP contribution in [0.25, 0.3) is 0 Å². The van der Waals surface area contributed by atoms with Gasteiger partial charge in [-0.3, -0.25) is 0 Å². The van der Waals surface area contributed by atoms with Crippen molar-refractivity contribution in [2.75, 3.05) is 20.3 Å². The molecule has 1 aliphatic heterocycles. The summed E-state index contributed by atoms with van der Waals surface area (Å²) in [7, 11) is 1.86. The van der Waals surface area contributed by atoms with Gasteiger partial charge in [-0.25, -0.2) is 0 Å². The molecule has 0 amide bonds. The number of rotatable bonds is 5. The second-order valence-electron chi connectivity index (χ2n) is 5.69. The lowest BCUT2D eigenvalue weighted by atomic mass is 9.74. The second-order valence-corrected chi connectivity index (χ2v) is 5.69. The highest BCUT2D eigenvalue weighted by molar-refractivity contribution is 5.15. The van der Waals surface area contributed by atoms with Crippen molar-refractivity contribution in [1.29, 1.82) is 0 Å². The summed E-state index contributed by atoms with van der Waals surface area (Å²) in [6.07, 6.45) is 8.03. The van der Waals surface area contributed by atoms with Crippen LogP contribution in [0.1, 0.15) is 46.0 Å². The van der Waals surface area contributed by atoms with Crippen molar-refractivity contribution in [1.82, 2.24) is 5.32 Å². The molecule has 0 bridgehead atoms. The molecular weight excluding hydrogens is 226 g/mol. The van der Waals surface area contributed by atoms with Gasteiger partial charge in [-0.05, 0) is 44.2 Å². The van der Waals surface area contributed by atoms with E-state index in [1.807, 2.05) is 7.11 Å². The Kier molecular flexibility index (Phi) is 4.68. The van der Waals surface area contributed by atoms with Gasteiger partial charge in [0.2, 0.25) is 0 Å².